The van der Waals surface area contributed by atoms with E-state index in [-0.39, 0.29) is 24.8 Å². The predicted octanol–water partition coefficient (Wildman–Crippen LogP) is 1.43. The highest BCUT2D eigenvalue weighted by atomic mass is 16.5. The number of hydrogen-bond acceptors (Lipinski definition) is 4. The molecule has 25 heavy (non-hydrogen) atoms. The van der Waals surface area contributed by atoms with Crippen LogP contribution in [-0.4, -0.2) is 54.2 Å². The van der Waals surface area contributed by atoms with Crippen LogP contribution in [0.3, 0.4) is 0 Å². The molecule has 1 aromatic carbocycles. The van der Waals surface area contributed by atoms with E-state index in [9.17, 15) is 14.7 Å². The maximum Gasteiger partial charge on any atom is 0.222 e. The van der Waals surface area contributed by atoms with Gasteiger partial charge in [-0.05, 0) is 43.4 Å². The molecular formula is C19H28N2O4. The summed E-state index contributed by atoms with van der Waals surface area (Å²) in [5.41, 5.74) is 1.45. The largest absolute Gasteiger partial charge is 0.496 e. The van der Waals surface area contributed by atoms with Gasteiger partial charge < -0.3 is 20.1 Å². The Morgan fingerprint density at radius 1 is 1.40 bits per heavy atom. The van der Waals surface area contributed by atoms with Crippen LogP contribution in [0.25, 0.3) is 0 Å². The molecule has 0 radical (unpaired) electrons. The molecule has 1 heterocycles. The number of carbonyl (C=O) groups is 2. The van der Waals surface area contributed by atoms with Gasteiger partial charge in [0.15, 0.2) is 0 Å². The zero-order chi connectivity index (χ0) is 18.4. The summed E-state index contributed by atoms with van der Waals surface area (Å²) in [5, 5.41) is 12.7. The van der Waals surface area contributed by atoms with Gasteiger partial charge in [-0.25, -0.2) is 0 Å². The van der Waals surface area contributed by atoms with Crippen LogP contribution >= 0.6 is 0 Å². The molecule has 0 bridgehead atoms. The number of aliphatic hydroxyl groups excluding tert-OH is 1. The van der Waals surface area contributed by atoms with Crippen LogP contribution in [-0.2, 0) is 16.0 Å². The van der Waals surface area contributed by atoms with E-state index in [1.807, 2.05) is 19.1 Å². The summed E-state index contributed by atoms with van der Waals surface area (Å²) in [7, 11) is 1.65. The first-order valence-electron chi connectivity index (χ1n) is 8.71. The number of methoxy groups -OCH3 is 1. The van der Waals surface area contributed by atoms with Crippen molar-refractivity contribution in [3.05, 3.63) is 29.3 Å². The van der Waals surface area contributed by atoms with E-state index in [0.29, 0.717) is 19.5 Å². The van der Waals surface area contributed by atoms with Gasteiger partial charge in [-0.15, -0.1) is 0 Å². The molecule has 1 fully saturated rings. The highest BCUT2D eigenvalue weighted by Crippen LogP contribution is 2.32. The minimum absolute atomic E-state index is 0.0898. The molecule has 2 N–H and O–H groups in total. The van der Waals surface area contributed by atoms with E-state index >= 15 is 0 Å². The van der Waals surface area contributed by atoms with Crippen LogP contribution in [0.15, 0.2) is 18.2 Å². The average molecular weight is 348 g/mol. The Balaban J connectivity index is 1.88. The van der Waals surface area contributed by atoms with Crippen molar-refractivity contribution in [2.75, 3.05) is 26.8 Å². The Hall–Kier alpha value is -2.08. The van der Waals surface area contributed by atoms with E-state index in [2.05, 4.69) is 11.4 Å². The number of benzene rings is 1. The van der Waals surface area contributed by atoms with E-state index in [1.165, 1.54) is 6.92 Å². The van der Waals surface area contributed by atoms with Gasteiger partial charge in [0, 0.05) is 20.0 Å². The number of rotatable bonds is 7. The summed E-state index contributed by atoms with van der Waals surface area (Å²) >= 11 is 0. The fourth-order valence-corrected chi connectivity index (χ4v) is 3.64. The Bertz CT molecular complexity index is 632. The van der Waals surface area contributed by atoms with E-state index in [0.717, 1.165) is 29.7 Å². The zero-order valence-corrected chi connectivity index (χ0v) is 15.3. The van der Waals surface area contributed by atoms with E-state index in [1.54, 1.807) is 12.0 Å². The minimum atomic E-state index is -0.743. The molecule has 1 unspecified atom stereocenters. The molecule has 2 amide bonds. The summed E-state index contributed by atoms with van der Waals surface area (Å²) in [6.45, 7) is 4.42. The number of hydrogen-bond donors (Lipinski definition) is 2. The van der Waals surface area contributed by atoms with Crippen LogP contribution in [0.1, 0.15) is 37.3 Å². The summed E-state index contributed by atoms with van der Waals surface area (Å²) in [6, 6.07) is 5.97. The van der Waals surface area contributed by atoms with E-state index in [4.69, 9.17) is 4.74 Å². The SMILES string of the molecule is COc1ccc(CCNC(=O)CC2(CO)CCCN2C(C)=O)cc1C. The lowest BCUT2D eigenvalue weighted by atomic mass is 9.92. The first-order valence-corrected chi connectivity index (χ1v) is 8.71. The standard InChI is InChI=1S/C19H28N2O4/c1-14-11-16(5-6-17(14)25-3)7-9-20-18(24)12-19(13-22)8-4-10-21(19)15(2)23/h5-6,11,22H,4,7-10,12-13H2,1-3H3,(H,20,24). The van der Waals surface area contributed by atoms with Crippen molar-refractivity contribution in [1.82, 2.24) is 10.2 Å². The molecule has 2 rings (SSSR count). The summed E-state index contributed by atoms with van der Waals surface area (Å²) < 4.78 is 5.24. The quantitative estimate of drug-likeness (QED) is 0.781. The van der Waals surface area contributed by atoms with Gasteiger partial charge in [0.05, 0.1) is 25.7 Å². The van der Waals surface area contributed by atoms with E-state index < -0.39 is 5.54 Å². The van der Waals surface area contributed by atoms with Crippen LogP contribution < -0.4 is 10.1 Å². The van der Waals surface area contributed by atoms with Crippen molar-refractivity contribution >= 4 is 11.8 Å². The first kappa shape index (κ1) is 19.2. The Morgan fingerprint density at radius 2 is 2.16 bits per heavy atom. The molecule has 1 aromatic rings. The fraction of sp³-hybridized carbons (Fsp3) is 0.579. The Kier molecular flexibility index (Phi) is 6.42. The maximum atomic E-state index is 12.3. The van der Waals surface area contributed by atoms with Crippen molar-refractivity contribution in [2.24, 2.45) is 0 Å². The van der Waals surface area contributed by atoms with Gasteiger partial charge in [-0.3, -0.25) is 9.59 Å². The third-order valence-electron chi connectivity index (χ3n) is 4.96. The fourth-order valence-electron chi connectivity index (χ4n) is 3.64. The number of likely N-dealkylation sites (tertiary alicyclic amines) is 1. The van der Waals surface area contributed by atoms with Crippen LogP contribution in [0, 0.1) is 6.92 Å². The number of ether oxygens (including phenoxy) is 1. The molecule has 1 saturated heterocycles. The molecule has 1 aliphatic heterocycles. The van der Waals surface area contributed by atoms with Crippen molar-refractivity contribution in [3.63, 3.8) is 0 Å². The molecule has 6 nitrogen and oxygen atoms in total. The topological polar surface area (TPSA) is 78.9 Å². The third kappa shape index (κ3) is 4.51. The van der Waals surface area contributed by atoms with Crippen LogP contribution in [0.5, 0.6) is 5.75 Å². The van der Waals surface area contributed by atoms with Crippen molar-refractivity contribution in [3.8, 4) is 5.75 Å². The molecule has 0 saturated carbocycles. The Morgan fingerprint density at radius 3 is 2.76 bits per heavy atom. The predicted molar refractivity (Wildman–Crippen MR) is 95.5 cm³/mol. The molecular weight excluding hydrogens is 320 g/mol. The highest BCUT2D eigenvalue weighted by Gasteiger charge is 2.43. The molecule has 1 aliphatic rings. The van der Waals surface area contributed by atoms with Crippen molar-refractivity contribution in [1.29, 1.82) is 0 Å². The molecule has 0 spiro atoms. The molecule has 138 valence electrons. The van der Waals surface area contributed by atoms with Crippen LogP contribution in [0.2, 0.25) is 0 Å². The lowest BCUT2D eigenvalue weighted by Crippen LogP contribution is -2.52. The molecule has 0 aromatic heterocycles. The maximum absolute atomic E-state index is 12.3. The average Bonchev–Trinajstić information content (AvgIpc) is 2.99. The number of carbonyl (C=O) groups excluding carboxylic acids is 2. The number of nitrogens with zero attached hydrogens (tertiary/aromatic N) is 1. The zero-order valence-electron chi connectivity index (χ0n) is 15.3. The first-order chi connectivity index (χ1) is 11.9. The third-order valence-corrected chi connectivity index (χ3v) is 4.96. The number of nitrogens with one attached hydrogen (secondary N) is 1. The van der Waals surface area contributed by atoms with Crippen LogP contribution in [0.4, 0.5) is 0 Å². The number of aryl methyl sites for hydroxylation is 1. The highest BCUT2D eigenvalue weighted by molar-refractivity contribution is 5.80. The summed E-state index contributed by atoms with van der Waals surface area (Å²) in [4.78, 5) is 25.7. The van der Waals surface area contributed by atoms with Gasteiger partial charge in [0.2, 0.25) is 11.8 Å². The van der Waals surface area contributed by atoms with Gasteiger partial charge >= 0.3 is 0 Å². The lowest BCUT2D eigenvalue weighted by molar-refractivity contribution is -0.137. The number of aliphatic hydroxyl groups is 1. The second-order valence-corrected chi connectivity index (χ2v) is 6.74. The Labute approximate surface area is 149 Å². The lowest BCUT2D eigenvalue weighted by Gasteiger charge is -2.36. The van der Waals surface area contributed by atoms with Gasteiger partial charge in [-0.1, -0.05) is 12.1 Å². The van der Waals surface area contributed by atoms with Gasteiger partial charge in [0.1, 0.15) is 5.75 Å². The second kappa shape index (κ2) is 8.34. The van der Waals surface area contributed by atoms with Gasteiger partial charge in [-0.2, -0.15) is 0 Å². The molecule has 6 heteroatoms. The monoisotopic (exact) mass is 348 g/mol. The second-order valence-electron chi connectivity index (χ2n) is 6.74. The smallest absolute Gasteiger partial charge is 0.222 e. The normalized spacial score (nSPS) is 19.8. The molecule has 1 atom stereocenters. The van der Waals surface area contributed by atoms with Crippen molar-refractivity contribution in [2.45, 2.75) is 45.1 Å². The minimum Gasteiger partial charge on any atom is -0.496 e. The molecule has 0 aliphatic carbocycles. The summed E-state index contributed by atoms with van der Waals surface area (Å²) in [6.07, 6.45) is 2.34. The van der Waals surface area contributed by atoms with Crippen molar-refractivity contribution < 1.29 is 19.4 Å². The van der Waals surface area contributed by atoms with Gasteiger partial charge in [0.25, 0.3) is 0 Å². The summed E-state index contributed by atoms with van der Waals surface area (Å²) in [5.74, 6) is 0.628. The number of amides is 2.